The van der Waals surface area contributed by atoms with Crippen LogP contribution < -0.4 is 10.6 Å². The molecule has 0 bridgehead atoms. The third kappa shape index (κ3) is 2.36. The molecule has 0 fully saturated rings. The third-order valence-electron chi connectivity index (χ3n) is 3.88. The van der Waals surface area contributed by atoms with E-state index in [1.54, 1.807) is 0 Å². The summed E-state index contributed by atoms with van der Waals surface area (Å²) >= 11 is 5.30. The van der Waals surface area contributed by atoms with E-state index >= 15 is 0 Å². The summed E-state index contributed by atoms with van der Waals surface area (Å²) in [6, 6.07) is 9.89. The number of carbonyl (C=O) groups excluding carboxylic acids is 1. The topological polar surface area (TPSA) is 41.1 Å². The summed E-state index contributed by atoms with van der Waals surface area (Å²) in [5, 5.41) is 7.01. The molecule has 0 saturated heterocycles. The summed E-state index contributed by atoms with van der Waals surface area (Å²) in [7, 11) is 0. The summed E-state index contributed by atoms with van der Waals surface area (Å²) in [5.41, 5.74) is 2.92. The van der Waals surface area contributed by atoms with E-state index in [-0.39, 0.29) is 17.2 Å². The first-order chi connectivity index (χ1) is 9.46. The zero-order valence-corrected chi connectivity index (χ0v) is 12.5. The number of allylic oxidation sites excluding steroid dienone is 1. The molecule has 0 saturated carbocycles. The van der Waals surface area contributed by atoms with Gasteiger partial charge in [-0.05, 0) is 29.6 Å². The van der Waals surface area contributed by atoms with Gasteiger partial charge in [0, 0.05) is 17.7 Å². The average molecular weight is 286 g/mol. The lowest BCUT2D eigenvalue weighted by atomic mass is 9.73. The molecule has 0 unspecified atom stereocenters. The quantitative estimate of drug-likeness (QED) is 0.779. The van der Waals surface area contributed by atoms with Gasteiger partial charge in [-0.15, -0.1) is 0 Å². The van der Waals surface area contributed by atoms with Crippen LogP contribution in [0, 0.1) is 5.41 Å². The average Bonchev–Trinajstić information content (AvgIpc) is 2.36. The van der Waals surface area contributed by atoms with Crippen molar-refractivity contribution in [2.24, 2.45) is 5.41 Å². The summed E-state index contributed by atoms with van der Waals surface area (Å²) in [6.45, 7) is 4.25. The van der Waals surface area contributed by atoms with Crippen LogP contribution in [0.5, 0.6) is 0 Å². The van der Waals surface area contributed by atoms with Crippen molar-refractivity contribution in [2.45, 2.75) is 32.7 Å². The third-order valence-corrected chi connectivity index (χ3v) is 4.10. The van der Waals surface area contributed by atoms with Gasteiger partial charge in [-0.1, -0.05) is 44.2 Å². The predicted molar refractivity (Wildman–Crippen MR) is 83.1 cm³/mol. The second-order valence-corrected chi connectivity index (χ2v) is 6.68. The van der Waals surface area contributed by atoms with Gasteiger partial charge in [-0.2, -0.15) is 0 Å². The predicted octanol–water partition coefficient (Wildman–Crippen LogP) is 2.85. The lowest BCUT2D eigenvalue weighted by molar-refractivity contribution is -0.118. The maximum atomic E-state index is 12.6. The van der Waals surface area contributed by atoms with E-state index in [9.17, 15) is 4.79 Å². The maximum absolute atomic E-state index is 12.6. The van der Waals surface area contributed by atoms with E-state index in [0.29, 0.717) is 11.5 Å². The Labute approximate surface area is 124 Å². The molecule has 0 spiro atoms. The molecule has 2 aliphatic rings. The Morgan fingerprint density at radius 3 is 2.60 bits per heavy atom. The highest BCUT2D eigenvalue weighted by molar-refractivity contribution is 7.80. The fraction of sp³-hybridized carbons (Fsp3) is 0.375. The number of hydrogen-bond acceptors (Lipinski definition) is 2. The van der Waals surface area contributed by atoms with Crippen molar-refractivity contribution in [2.75, 3.05) is 0 Å². The number of thiocarbonyl (C=S) groups is 1. The van der Waals surface area contributed by atoms with Crippen LogP contribution in [-0.4, -0.2) is 10.9 Å². The second-order valence-electron chi connectivity index (χ2n) is 6.28. The Bertz CT molecular complexity index is 604. The molecule has 1 atom stereocenters. The first kappa shape index (κ1) is 13.3. The van der Waals surface area contributed by atoms with E-state index in [0.717, 1.165) is 23.3 Å². The Morgan fingerprint density at radius 2 is 1.90 bits per heavy atom. The van der Waals surface area contributed by atoms with Crippen LogP contribution in [0.2, 0.25) is 0 Å². The van der Waals surface area contributed by atoms with Crippen molar-refractivity contribution in [3.63, 3.8) is 0 Å². The minimum atomic E-state index is -0.122. The number of benzene rings is 1. The number of ketones is 1. The summed E-state index contributed by atoms with van der Waals surface area (Å²) in [6.07, 6.45) is 1.45. The number of nitrogens with one attached hydrogen (secondary N) is 2. The molecular weight excluding hydrogens is 268 g/mol. The maximum Gasteiger partial charge on any atom is 0.171 e. The number of hydrogen-bond donors (Lipinski definition) is 2. The minimum Gasteiger partial charge on any atom is -0.351 e. The normalized spacial score (nSPS) is 24.8. The molecule has 2 N–H and O–H groups in total. The fourth-order valence-electron chi connectivity index (χ4n) is 3.05. The molecule has 3 nitrogen and oxygen atoms in total. The molecule has 1 aromatic carbocycles. The van der Waals surface area contributed by atoms with E-state index in [2.05, 4.69) is 24.5 Å². The van der Waals surface area contributed by atoms with Crippen LogP contribution in [0.15, 0.2) is 41.6 Å². The molecule has 1 heterocycles. The largest absolute Gasteiger partial charge is 0.351 e. The molecule has 20 heavy (non-hydrogen) atoms. The van der Waals surface area contributed by atoms with Crippen molar-refractivity contribution in [1.82, 2.24) is 10.6 Å². The first-order valence-corrected chi connectivity index (χ1v) is 7.26. The highest BCUT2D eigenvalue weighted by Crippen LogP contribution is 2.41. The Kier molecular flexibility index (Phi) is 3.13. The van der Waals surface area contributed by atoms with Crippen LogP contribution >= 0.6 is 12.2 Å². The van der Waals surface area contributed by atoms with Gasteiger partial charge in [0.25, 0.3) is 0 Å². The van der Waals surface area contributed by atoms with Gasteiger partial charge in [0.2, 0.25) is 0 Å². The van der Waals surface area contributed by atoms with Crippen LogP contribution in [0.4, 0.5) is 0 Å². The highest BCUT2D eigenvalue weighted by Gasteiger charge is 2.39. The Balaban J connectivity index is 2.07. The van der Waals surface area contributed by atoms with Gasteiger partial charge in [0.05, 0.1) is 6.04 Å². The molecule has 0 amide bonds. The monoisotopic (exact) mass is 286 g/mol. The van der Waals surface area contributed by atoms with Gasteiger partial charge in [0.15, 0.2) is 10.9 Å². The molecule has 3 rings (SSSR count). The molecule has 1 aromatic rings. The second kappa shape index (κ2) is 4.70. The van der Waals surface area contributed by atoms with Crippen molar-refractivity contribution in [3.8, 4) is 0 Å². The molecule has 4 heteroatoms. The van der Waals surface area contributed by atoms with Crippen LogP contribution in [0.25, 0.3) is 0 Å². The van der Waals surface area contributed by atoms with E-state index in [1.807, 2.05) is 30.3 Å². The lowest BCUT2D eigenvalue weighted by Gasteiger charge is -2.39. The molecule has 1 aliphatic carbocycles. The van der Waals surface area contributed by atoms with E-state index in [4.69, 9.17) is 12.2 Å². The Hall–Kier alpha value is -1.68. The van der Waals surface area contributed by atoms with Gasteiger partial charge in [-0.3, -0.25) is 4.79 Å². The van der Waals surface area contributed by atoms with Crippen LogP contribution in [0.3, 0.4) is 0 Å². The van der Waals surface area contributed by atoms with E-state index in [1.165, 1.54) is 0 Å². The summed E-state index contributed by atoms with van der Waals surface area (Å²) in [5.74, 6) is 0.215. The molecular formula is C16H18N2OS. The molecule has 0 aromatic heterocycles. The lowest BCUT2D eigenvalue weighted by Crippen LogP contribution is -2.48. The fourth-order valence-corrected chi connectivity index (χ4v) is 3.29. The smallest absolute Gasteiger partial charge is 0.171 e. The van der Waals surface area contributed by atoms with Crippen molar-refractivity contribution in [3.05, 3.63) is 47.2 Å². The van der Waals surface area contributed by atoms with Crippen molar-refractivity contribution in [1.29, 1.82) is 0 Å². The van der Waals surface area contributed by atoms with E-state index < -0.39 is 0 Å². The standard InChI is InChI=1S/C16H18N2OS/c1-16(2)8-11-13(12(19)9-16)14(18-15(20)17-11)10-6-4-3-5-7-10/h3-7,14H,8-9H2,1-2H3,(H2,17,18,20)/t14-/m0/s1. The molecule has 104 valence electrons. The zero-order valence-electron chi connectivity index (χ0n) is 11.7. The Morgan fingerprint density at radius 1 is 1.20 bits per heavy atom. The van der Waals surface area contributed by atoms with Crippen LogP contribution in [0.1, 0.15) is 38.3 Å². The molecule has 1 aliphatic heterocycles. The summed E-state index contributed by atoms with van der Waals surface area (Å²) < 4.78 is 0. The number of carbonyl (C=O) groups is 1. The van der Waals surface area contributed by atoms with Gasteiger partial charge in [-0.25, -0.2) is 0 Å². The number of rotatable bonds is 1. The van der Waals surface area contributed by atoms with Crippen LogP contribution in [-0.2, 0) is 4.79 Å². The van der Waals surface area contributed by atoms with Crippen molar-refractivity contribution >= 4 is 23.1 Å². The minimum absolute atomic E-state index is 0.00287. The van der Waals surface area contributed by atoms with Gasteiger partial charge in [0.1, 0.15) is 0 Å². The SMILES string of the molecule is CC1(C)CC(=O)C2=C(C1)NC(=S)N[C@H]2c1ccccc1. The highest BCUT2D eigenvalue weighted by atomic mass is 32.1. The van der Waals surface area contributed by atoms with Gasteiger partial charge < -0.3 is 10.6 Å². The zero-order chi connectivity index (χ0) is 14.3. The molecule has 0 radical (unpaired) electrons. The van der Waals surface area contributed by atoms with Crippen molar-refractivity contribution < 1.29 is 4.79 Å². The first-order valence-electron chi connectivity index (χ1n) is 6.85. The van der Waals surface area contributed by atoms with Gasteiger partial charge >= 0.3 is 0 Å². The number of Topliss-reactive ketones (excluding diaryl/α,β-unsaturated/α-hetero) is 1. The summed E-state index contributed by atoms with van der Waals surface area (Å²) in [4.78, 5) is 12.6.